The molecule has 0 saturated carbocycles. The smallest absolute Gasteiger partial charge is 0.317 e. The predicted octanol–water partition coefficient (Wildman–Crippen LogP) is 2.13. The topological polar surface area (TPSA) is 78.9 Å². The van der Waals surface area contributed by atoms with E-state index in [0.717, 1.165) is 25.0 Å². The van der Waals surface area contributed by atoms with Crippen LogP contribution in [-0.4, -0.2) is 48.8 Å². The summed E-state index contributed by atoms with van der Waals surface area (Å²) in [4.78, 5) is 24.7. The number of piperidine rings is 1. The number of benzene rings is 1. The van der Waals surface area contributed by atoms with Crippen LogP contribution in [0.4, 0.5) is 4.79 Å². The van der Waals surface area contributed by atoms with Crippen molar-refractivity contribution >= 4 is 12.0 Å². The van der Waals surface area contributed by atoms with Crippen molar-refractivity contribution in [3.05, 3.63) is 29.8 Å². The number of carboxylic acid groups (broad SMARTS) is 1. The van der Waals surface area contributed by atoms with Crippen LogP contribution < -0.4 is 10.1 Å². The summed E-state index contributed by atoms with van der Waals surface area (Å²) >= 11 is 0. The number of nitrogens with zero attached hydrogens (tertiary/aromatic N) is 1. The Kier molecular flexibility index (Phi) is 6.26. The van der Waals surface area contributed by atoms with E-state index in [0.29, 0.717) is 26.1 Å². The molecule has 2 rings (SSSR count). The highest BCUT2D eigenvalue weighted by Crippen LogP contribution is 2.17. The quantitative estimate of drug-likeness (QED) is 0.787. The van der Waals surface area contributed by atoms with Gasteiger partial charge in [-0.3, -0.25) is 4.79 Å². The molecule has 1 aliphatic rings. The monoisotopic (exact) mass is 320 g/mol. The minimum Gasteiger partial charge on any atom is -0.497 e. The maximum absolute atomic E-state index is 12.1. The molecule has 1 atom stereocenters. The molecule has 2 N–H and O–H groups in total. The first-order chi connectivity index (χ1) is 11.1. The number of ether oxygens (including phenoxy) is 1. The predicted molar refractivity (Wildman–Crippen MR) is 86.6 cm³/mol. The lowest BCUT2D eigenvalue weighted by Crippen LogP contribution is -2.47. The third kappa shape index (κ3) is 5.16. The Morgan fingerprint density at radius 2 is 2.26 bits per heavy atom. The number of amides is 2. The second-order valence-electron chi connectivity index (χ2n) is 5.81. The van der Waals surface area contributed by atoms with Crippen LogP contribution in [0.15, 0.2) is 24.3 Å². The Bertz CT molecular complexity index is 547. The molecular weight excluding hydrogens is 296 g/mol. The van der Waals surface area contributed by atoms with Crippen molar-refractivity contribution in [3.8, 4) is 5.75 Å². The lowest BCUT2D eigenvalue weighted by Gasteiger charge is -2.30. The van der Waals surface area contributed by atoms with Crippen molar-refractivity contribution < 1.29 is 19.4 Å². The lowest BCUT2D eigenvalue weighted by atomic mass is 9.99. The highest BCUT2D eigenvalue weighted by molar-refractivity contribution is 5.76. The van der Waals surface area contributed by atoms with Gasteiger partial charge >= 0.3 is 12.0 Å². The molecule has 6 heteroatoms. The summed E-state index contributed by atoms with van der Waals surface area (Å²) in [5.74, 6) is -0.425. The number of nitrogens with one attached hydrogen (secondary N) is 1. The van der Waals surface area contributed by atoms with E-state index < -0.39 is 11.9 Å². The summed E-state index contributed by atoms with van der Waals surface area (Å²) < 4.78 is 5.18. The van der Waals surface area contributed by atoms with Crippen molar-refractivity contribution in [2.24, 2.45) is 5.92 Å². The van der Waals surface area contributed by atoms with Gasteiger partial charge in [0.25, 0.3) is 0 Å². The zero-order valence-corrected chi connectivity index (χ0v) is 13.5. The molecule has 2 amide bonds. The van der Waals surface area contributed by atoms with Gasteiger partial charge in [-0.2, -0.15) is 0 Å². The van der Waals surface area contributed by atoms with Crippen LogP contribution in [-0.2, 0) is 11.2 Å². The average molecular weight is 320 g/mol. The van der Waals surface area contributed by atoms with E-state index in [1.165, 1.54) is 5.56 Å². The van der Waals surface area contributed by atoms with E-state index in [-0.39, 0.29) is 6.03 Å². The first kappa shape index (κ1) is 17.1. The van der Waals surface area contributed by atoms with Gasteiger partial charge in [0.15, 0.2) is 0 Å². The highest BCUT2D eigenvalue weighted by Gasteiger charge is 2.27. The number of rotatable bonds is 6. The Labute approximate surface area is 136 Å². The summed E-state index contributed by atoms with van der Waals surface area (Å²) in [5.41, 5.74) is 1.17. The number of hydrogen-bond acceptors (Lipinski definition) is 3. The van der Waals surface area contributed by atoms with Gasteiger partial charge in [0.05, 0.1) is 13.0 Å². The molecule has 1 aromatic rings. The summed E-state index contributed by atoms with van der Waals surface area (Å²) in [7, 11) is 1.64. The molecule has 1 unspecified atom stereocenters. The average Bonchev–Trinajstić information content (AvgIpc) is 2.58. The van der Waals surface area contributed by atoms with E-state index in [4.69, 9.17) is 9.84 Å². The number of aryl methyl sites for hydroxylation is 1. The van der Waals surface area contributed by atoms with E-state index in [9.17, 15) is 9.59 Å². The molecule has 0 spiro atoms. The zero-order chi connectivity index (χ0) is 16.7. The first-order valence-electron chi connectivity index (χ1n) is 7.98. The molecule has 0 radical (unpaired) electrons. The summed E-state index contributed by atoms with van der Waals surface area (Å²) in [6, 6.07) is 7.71. The number of aliphatic carboxylic acids is 1. The molecule has 1 aromatic carbocycles. The van der Waals surface area contributed by atoms with Crippen molar-refractivity contribution in [3.63, 3.8) is 0 Å². The molecule has 1 saturated heterocycles. The van der Waals surface area contributed by atoms with E-state index >= 15 is 0 Å². The minimum absolute atomic E-state index is 0.165. The van der Waals surface area contributed by atoms with Gasteiger partial charge in [0.1, 0.15) is 5.75 Å². The standard InChI is InChI=1S/C17H24N2O4/c1-23-15-8-2-5-13(11-15)6-3-9-18-17(22)19-10-4-7-14(12-19)16(20)21/h2,5,8,11,14H,3-4,6-7,9-10,12H2,1H3,(H,18,22)(H,20,21). The molecule has 23 heavy (non-hydrogen) atoms. The Morgan fingerprint density at radius 3 is 3.00 bits per heavy atom. The van der Waals surface area contributed by atoms with E-state index in [1.807, 2.05) is 24.3 Å². The van der Waals surface area contributed by atoms with E-state index in [2.05, 4.69) is 5.32 Å². The Morgan fingerprint density at radius 1 is 1.43 bits per heavy atom. The van der Waals surface area contributed by atoms with Crippen molar-refractivity contribution in [1.29, 1.82) is 0 Å². The fourth-order valence-electron chi connectivity index (χ4n) is 2.79. The molecule has 1 aliphatic heterocycles. The van der Waals surface area contributed by atoms with Crippen LogP contribution in [0.3, 0.4) is 0 Å². The normalized spacial score (nSPS) is 17.6. The van der Waals surface area contributed by atoms with E-state index in [1.54, 1.807) is 12.0 Å². The van der Waals surface area contributed by atoms with Crippen LogP contribution in [0.1, 0.15) is 24.8 Å². The number of hydrogen-bond donors (Lipinski definition) is 2. The lowest BCUT2D eigenvalue weighted by molar-refractivity contribution is -0.143. The molecule has 0 bridgehead atoms. The Balaban J connectivity index is 1.71. The van der Waals surface area contributed by atoms with Crippen molar-refractivity contribution in [1.82, 2.24) is 10.2 Å². The number of carboxylic acids is 1. The van der Waals surface area contributed by atoms with Crippen LogP contribution in [0, 0.1) is 5.92 Å². The fourth-order valence-corrected chi connectivity index (χ4v) is 2.79. The molecule has 1 fully saturated rings. The van der Waals surface area contributed by atoms with Crippen LogP contribution in [0.25, 0.3) is 0 Å². The van der Waals surface area contributed by atoms with Gasteiger partial charge in [-0.05, 0) is 43.4 Å². The first-order valence-corrected chi connectivity index (χ1v) is 7.98. The second kappa shape index (κ2) is 8.41. The largest absolute Gasteiger partial charge is 0.497 e. The number of likely N-dealkylation sites (tertiary alicyclic amines) is 1. The molecule has 1 heterocycles. The second-order valence-corrected chi connectivity index (χ2v) is 5.81. The molecule has 6 nitrogen and oxygen atoms in total. The highest BCUT2D eigenvalue weighted by atomic mass is 16.5. The van der Waals surface area contributed by atoms with Gasteiger partial charge < -0.3 is 20.1 Å². The fraction of sp³-hybridized carbons (Fsp3) is 0.529. The van der Waals surface area contributed by atoms with Gasteiger partial charge in [-0.15, -0.1) is 0 Å². The molecular formula is C17H24N2O4. The van der Waals surface area contributed by atoms with Gasteiger partial charge in [0.2, 0.25) is 0 Å². The maximum Gasteiger partial charge on any atom is 0.317 e. The summed E-state index contributed by atoms with van der Waals surface area (Å²) in [6.07, 6.45) is 3.08. The third-order valence-corrected chi connectivity index (χ3v) is 4.11. The van der Waals surface area contributed by atoms with Gasteiger partial charge in [-0.25, -0.2) is 4.79 Å². The number of carbonyl (C=O) groups excluding carboxylic acids is 1. The number of urea groups is 1. The van der Waals surface area contributed by atoms with Gasteiger partial charge in [0, 0.05) is 19.6 Å². The maximum atomic E-state index is 12.1. The number of methoxy groups -OCH3 is 1. The van der Waals surface area contributed by atoms with Crippen molar-refractivity contribution in [2.75, 3.05) is 26.7 Å². The minimum atomic E-state index is -0.819. The third-order valence-electron chi connectivity index (χ3n) is 4.11. The zero-order valence-electron chi connectivity index (χ0n) is 13.5. The van der Waals surface area contributed by atoms with Crippen LogP contribution >= 0.6 is 0 Å². The molecule has 0 aliphatic carbocycles. The van der Waals surface area contributed by atoms with Gasteiger partial charge in [-0.1, -0.05) is 12.1 Å². The van der Waals surface area contributed by atoms with Crippen LogP contribution in [0.2, 0.25) is 0 Å². The SMILES string of the molecule is COc1cccc(CCCNC(=O)N2CCCC(C(=O)O)C2)c1. The van der Waals surface area contributed by atoms with Crippen molar-refractivity contribution in [2.45, 2.75) is 25.7 Å². The molecule has 0 aromatic heterocycles. The number of carbonyl (C=O) groups is 2. The summed E-state index contributed by atoms with van der Waals surface area (Å²) in [5, 5.41) is 11.9. The Hall–Kier alpha value is -2.24. The summed E-state index contributed by atoms with van der Waals surface area (Å²) in [6.45, 7) is 1.51. The molecule has 126 valence electrons. The van der Waals surface area contributed by atoms with Crippen LogP contribution in [0.5, 0.6) is 5.75 Å².